The Labute approximate surface area is 126 Å². The predicted octanol–water partition coefficient (Wildman–Crippen LogP) is 1.92. The van der Waals surface area contributed by atoms with Gasteiger partial charge in [-0.05, 0) is 25.1 Å². The van der Waals surface area contributed by atoms with Gasteiger partial charge in [-0.15, -0.1) is 0 Å². The van der Waals surface area contributed by atoms with Crippen molar-refractivity contribution in [1.82, 2.24) is 4.90 Å². The number of anilines is 1. The minimum Gasteiger partial charge on any atom is -0.480 e. The first-order chi connectivity index (χ1) is 9.52. The SMILES string of the molecule is CC(C(=O)O)N1CCN(c2cc(Br)ccc2C#N)CC1. The number of nitrogens with zero attached hydrogens (tertiary/aromatic N) is 3. The van der Waals surface area contributed by atoms with Crippen molar-refractivity contribution in [2.75, 3.05) is 31.1 Å². The van der Waals surface area contributed by atoms with Crippen molar-refractivity contribution in [1.29, 1.82) is 5.26 Å². The van der Waals surface area contributed by atoms with E-state index < -0.39 is 12.0 Å². The molecule has 1 unspecified atom stereocenters. The Morgan fingerprint density at radius 3 is 2.60 bits per heavy atom. The number of piperazine rings is 1. The molecule has 1 heterocycles. The number of benzene rings is 1. The zero-order valence-corrected chi connectivity index (χ0v) is 12.8. The summed E-state index contributed by atoms with van der Waals surface area (Å²) in [4.78, 5) is 15.1. The van der Waals surface area contributed by atoms with E-state index in [1.54, 1.807) is 13.0 Å². The maximum atomic E-state index is 11.0. The van der Waals surface area contributed by atoms with Crippen LogP contribution in [0.15, 0.2) is 22.7 Å². The Hall–Kier alpha value is -1.58. The highest BCUT2D eigenvalue weighted by atomic mass is 79.9. The summed E-state index contributed by atoms with van der Waals surface area (Å²) in [6.45, 7) is 4.53. The first-order valence-corrected chi connectivity index (χ1v) is 7.23. The zero-order valence-electron chi connectivity index (χ0n) is 11.2. The fourth-order valence-corrected chi connectivity index (χ4v) is 2.72. The van der Waals surface area contributed by atoms with Gasteiger partial charge in [0.1, 0.15) is 12.1 Å². The van der Waals surface area contributed by atoms with Crippen molar-refractivity contribution in [2.24, 2.45) is 0 Å². The smallest absolute Gasteiger partial charge is 0.320 e. The van der Waals surface area contributed by atoms with E-state index in [0.717, 1.165) is 23.2 Å². The highest BCUT2D eigenvalue weighted by molar-refractivity contribution is 9.10. The lowest BCUT2D eigenvalue weighted by atomic mass is 10.1. The molecule has 0 amide bonds. The van der Waals surface area contributed by atoms with Gasteiger partial charge < -0.3 is 10.0 Å². The van der Waals surface area contributed by atoms with Crippen LogP contribution in [0.2, 0.25) is 0 Å². The normalized spacial score (nSPS) is 17.6. The summed E-state index contributed by atoms with van der Waals surface area (Å²) >= 11 is 3.42. The zero-order chi connectivity index (χ0) is 14.7. The van der Waals surface area contributed by atoms with Crippen LogP contribution in [-0.2, 0) is 4.79 Å². The number of carbonyl (C=O) groups is 1. The van der Waals surface area contributed by atoms with E-state index in [9.17, 15) is 10.1 Å². The van der Waals surface area contributed by atoms with Gasteiger partial charge in [-0.1, -0.05) is 15.9 Å². The van der Waals surface area contributed by atoms with E-state index in [1.165, 1.54) is 0 Å². The first kappa shape index (κ1) is 14.8. The van der Waals surface area contributed by atoms with E-state index in [4.69, 9.17) is 5.11 Å². The maximum absolute atomic E-state index is 11.0. The molecule has 1 N–H and O–H groups in total. The van der Waals surface area contributed by atoms with E-state index in [1.807, 2.05) is 17.0 Å². The second kappa shape index (κ2) is 6.25. The van der Waals surface area contributed by atoms with Crippen LogP contribution >= 0.6 is 15.9 Å². The molecule has 6 heteroatoms. The second-order valence-electron chi connectivity index (χ2n) is 4.81. The standard InChI is InChI=1S/C14H16BrN3O2/c1-10(14(19)20)17-4-6-18(7-5-17)13-8-12(15)3-2-11(13)9-16/h2-3,8,10H,4-7H2,1H3,(H,19,20). The number of hydrogen-bond donors (Lipinski definition) is 1. The molecule has 0 radical (unpaired) electrons. The maximum Gasteiger partial charge on any atom is 0.320 e. The molecule has 1 saturated heterocycles. The van der Waals surface area contributed by atoms with Gasteiger partial charge in [0.2, 0.25) is 0 Å². The van der Waals surface area contributed by atoms with Crippen molar-refractivity contribution in [3.8, 4) is 6.07 Å². The van der Waals surface area contributed by atoms with Crippen LogP contribution in [0.4, 0.5) is 5.69 Å². The molecule has 20 heavy (non-hydrogen) atoms. The first-order valence-electron chi connectivity index (χ1n) is 6.44. The Bertz CT molecular complexity index is 548. The molecular weight excluding hydrogens is 322 g/mol. The van der Waals surface area contributed by atoms with Crippen molar-refractivity contribution >= 4 is 27.6 Å². The third-order valence-electron chi connectivity index (χ3n) is 3.64. The van der Waals surface area contributed by atoms with Gasteiger partial charge in [0, 0.05) is 30.7 Å². The van der Waals surface area contributed by atoms with E-state index >= 15 is 0 Å². The average molecular weight is 338 g/mol. The molecule has 2 rings (SSSR count). The number of nitriles is 1. The van der Waals surface area contributed by atoms with Crippen LogP contribution in [-0.4, -0.2) is 48.2 Å². The van der Waals surface area contributed by atoms with E-state index in [2.05, 4.69) is 26.9 Å². The van der Waals surface area contributed by atoms with Crippen LogP contribution in [0, 0.1) is 11.3 Å². The fourth-order valence-electron chi connectivity index (χ4n) is 2.37. The van der Waals surface area contributed by atoms with Gasteiger partial charge in [0.25, 0.3) is 0 Å². The number of hydrogen-bond acceptors (Lipinski definition) is 4. The summed E-state index contributed by atoms with van der Waals surface area (Å²) in [7, 11) is 0. The second-order valence-corrected chi connectivity index (χ2v) is 5.73. The van der Waals surface area contributed by atoms with Crippen molar-refractivity contribution in [3.63, 3.8) is 0 Å². The lowest BCUT2D eigenvalue weighted by Gasteiger charge is -2.38. The summed E-state index contributed by atoms with van der Waals surface area (Å²) in [5, 5.41) is 18.2. The average Bonchev–Trinajstić information content (AvgIpc) is 2.46. The molecule has 1 aliphatic heterocycles. The van der Waals surface area contributed by atoms with Crippen LogP contribution < -0.4 is 4.90 Å². The Morgan fingerprint density at radius 2 is 2.05 bits per heavy atom. The van der Waals surface area contributed by atoms with Crippen LogP contribution in [0.1, 0.15) is 12.5 Å². The molecule has 5 nitrogen and oxygen atoms in total. The number of carboxylic acid groups (broad SMARTS) is 1. The third-order valence-corrected chi connectivity index (χ3v) is 4.13. The van der Waals surface area contributed by atoms with Gasteiger partial charge in [-0.2, -0.15) is 5.26 Å². The summed E-state index contributed by atoms with van der Waals surface area (Å²) < 4.78 is 0.938. The number of rotatable bonds is 3. The molecular formula is C14H16BrN3O2. The van der Waals surface area contributed by atoms with E-state index in [0.29, 0.717) is 18.7 Å². The molecule has 1 aromatic carbocycles. The topological polar surface area (TPSA) is 67.6 Å². The highest BCUT2D eigenvalue weighted by Gasteiger charge is 2.26. The summed E-state index contributed by atoms with van der Waals surface area (Å²) in [5.74, 6) is -0.793. The molecule has 1 aromatic rings. The summed E-state index contributed by atoms with van der Waals surface area (Å²) in [6, 6.07) is 7.33. The third kappa shape index (κ3) is 3.11. The van der Waals surface area contributed by atoms with E-state index in [-0.39, 0.29) is 0 Å². The fraction of sp³-hybridized carbons (Fsp3) is 0.429. The number of halogens is 1. The molecule has 1 aliphatic rings. The molecule has 0 bridgehead atoms. The van der Waals surface area contributed by atoms with Crippen molar-refractivity contribution < 1.29 is 9.90 Å². The van der Waals surface area contributed by atoms with Gasteiger partial charge in [0.05, 0.1) is 11.3 Å². The van der Waals surface area contributed by atoms with Crippen molar-refractivity contribution in [2.45, 2.75) is 13.0 Å². The summed E-state index contributed by atoms with van der Waals surface area (Å²) in [5.41, 5.74) is 1.55. The molecule has 0 aliphatic carbocycles. The monoisotopic (exact) mass is 337 g/mol. The molecule has 1 fully saturated rings. The molecule has 0 spiro atoms. The number of carboxylic acids is 1. The van der Waals surface area contributed by atoms with Crippen LogP contribution in [0.5, 0.6) is 0 Å². The Kier molecular flexibility index (Phi) is 4.63. The minimum absolute atomic E-state index is 0.463. The van der Waals surface area contributed by atoms with Gasteiger partial charge in [-0.3, -0.25) is 9.69 Å². The van der Waals surface area contributed by atoms with Crippen LogP contribution in [0.25, 0.3) is 0 Å². The van der Waals surface area contributed by atoms with Gasteiger partial charge >= 0.3 is 5.97 Å². The quantitative estimate of drug-likeness (QED) is 0.912. The Morgan fingerprint density at radius 1 is 1.40 bits per heavy atom. The molecule has 1 atom stereocenters. The predicted molar refractivity (Wildman–Crippen MR) is 79.7 cm³/mol. The lowest BCUT2D eigenvalue weighted by Crippen LogP contribution is -2.51. The molecule has 106 valence electrons. The highest BCUT2D eigenvalue weighted by Crippen LogP contribution is 2.26. The summed E-state index contributed by atoms with van der Waals surface area (Å²) in [6.07, 6.45) is 0. The minimum atomic E-state index is -0.793. The lowest BCUT2D eigenvalue weighted by molar-refractivity contribution is -0.142. The Balaban J connectivity index is 2.10. The molecule has 0 saturated carbocycles. The largest absolute Gasteiger partial charge is 0.480 e. The van der Waals surface area contributed by atoms with Gasteiger partial charge in [0.15, 0.2) is 0 Å². The number of aliphatic carboxylic acids is 1. The molecule has 0 aromatic heterocycles. The van der Waals surface area contributed by atoms with Gasteiger partial charge in [-0.25, -0.2) is 0 Å². The van der Waals surface area contributed by atoms with Crippen LogP contribution in [0.3, 0.4) is 0 Å². The van der Waals surface area contributed by atoms with Crippen molar-refractivity contribution in [3.05, 3.63) is 28.2 Å².